The van der Waals surface area contributed by atoms with E-state index in [2.05, 4.69) is 39.5 Å². The van der Waals surface area contributed by atoms with Gasteiger partial charge >= 0.3 is 35.8 Å². The number of aliphatic carboxylic acids is 6. The summed E-state index contributed by atoms with van der Waals surface area (Å²) in [5.74, 6) is -5.89. The lowest BCUT2D eigenvalue weighted by Crippen LogP contribution is -2.32. The van der Waals surface area contributed by atoms with Crippen LogP contribution in [0.3, 0.4) is 0 Å². The molecule has 0 aromatic carbocycles. The zero-order valence-electron chi connectivity index (χ0n) is 27.5. The molecular weight excluding hydrogens is 664 g/mol. The molecule has 0 unspecified atom stereocenters. The summed E-state index contributed by atoms with van der Waals surface area (Å²) in [4.78, 5) is 55.5. The highest BCUT2D eigenvalue weighted by atomic mass is 16.5. The first kappa shape index (κ1) is 62.8. The van der Waals surface area contributed by atoms with Crippen LogP contribution in [0.25, 0.3) is 0 Å². The van der Waals surface area contributed by atoms with Gasteiger partial charge in [0.1, 0.15) is 0 Å². The molecule has 0 aliphatic carbocycles. The molecule has 0 aliphatic heterocycles. The minimum Gasteiger partial charge on any atom is -0.478 e. The first-order valence-electron chi connectivity index (χ1n) is 13.1. The van der Waals surface area contributed by atoms with E-state index in [1.54, 1.807) is 0 Å². The molecule has 0 heterocycles. The summed E-state index contributed by atoms with van der Waals surface area (Å²) in [5.41, 5.74) is -0.667. The summed E-state index contributed by atoms with van der Waals surface area (Å²) in [6.07, 6.45) is 5.59. The van der Waals surface area contributed by atoms with Gasteiger partial charge in [0, 0.05) is 41.9 Å². The van der Waals surface area contributed by atoms with E-state index in [0.29, 0.717) is 32.8 Å². The van der Waals surface area contributed by atoms with E-state index < -0.39 is 41.2 Å². The van der Waals surface area contributed by atoms with Crippen molar-refractivity contribution < 1.29 is 94.4 Å². The van der Waals surface area contributed by atoms with Crippen molar-refractivity contribution in [1.29, 1.82) is 0 Å². The van der Waals surface area contributed by atoms with E-state index in [-0.39, 0.29) is 33.0 Å². The van der Waals surface area contributed by atoms with Gasteiger partial charge in [-0.25, -0.2) is 28.8 Å². The van der Waals surface area contributed by atoms with E-state index in [1.165, 1.54) is 0 Å². The molecule has 49 heavy (non-hydrogen) atoms. The fraction of sp³-hybridized carbons (Fsp3) is 0.400. The van der Waals surface area contributed by atoms with Gasteiger partial charge in [0.2, 0.25) is 0 Å². The number of carboxylic acid groups (broad SMARTS) is 6. The van der Waals surface area contributed by atoms with Gasteiger partial charge in [0.25, 0.3) is 0 Å². The molecule has 19 nitrogen and oxygen atoms in total. The molecular formula is C30H52O19. The monoisotopic (exact) mass is 716 g/mol. The van der Waals surface area contributed by atoms with E-state index in [1.807, 2.05) is 6.92 Å². The lowest BCUT2D eigenvalue weighted by molar-refractivity contribution is -0.132. The van der Waals surface area contributed by atoms with Crippen LogP contribution in [0.15, 0.2) is 75.9 Å². The summed E-state index contributed by atoms with van der Waals surface area (Å²) in [5, 5.41) is 88.1. The Morgan fingerprint density at radius 2 is 0.612 bits per heavy atom. The molecule has 0 aromatic rings. The number of carboxylic acids is 6. The predicted molar refractivity (Wildman–Crippen MR) is 177 cm³/mol. The van der Waals surface area contributed by atoms with Crippen LogP contribution in [0.5, 0.6) is 0 Å². The molecule has 286 valence electrons. The second-order valence-electron chi connectivity index (χ2n) is 7.25. The Bertz CT molecular complexity index is 729. The molecule has 0 saturated carbocycles. The summed E-state index contributed by atoms with van der Waals surface area (Å²) in [6.45, 7) is 20.8. The average molecular weight is 717 g/mol. The number of ether oxygens (including phenoxy) is 2. The second-order valence-corrected chi connectivity index (χ2v) is 7.25. The van der Waals surface area contributed by atoms with Crippen LogP contribution in [-0.2, 0) is 38.2 Å². The Kier molecular flexibility index (Phi) is 70.9. The Labute approximate surface area is 284 Å². The standard InChI is InChI=1S/C6H14O4.C6H14O3.6C3H4O2/c7-1-3-9-5-6-10-4-2-8;1-2-6(3-7,4-8)5-9;6*1-2-3(4)5/h7-8H,1-6H2;7-9H,2-5H2,1H3;6*2H,1H2,(H,4,5). The number of aliphatic hydroxyl groups excluding tert-OH is 5. The molecule has 0 rings (SSSR count). The van der Waals surface area contributed by atoms with Gasteiger partial charge in [-0.15, -0.1) is 0 Å². The predicted octanol–water partition coefficient (Wildman–Crippen LogP) is -0.0941. The highest BCUT2D eigenvalue weighted by Gasteiger charge is 2.24. The Morgan fingerprint density at radius 1 is 0.449 bits per heavy atom. The molecule has 19 heteroatoms. The lowest BCUT2D eigenvalue weighted by Gasteiger charge is -2.24. The number of carbonyl (C=O) groups is 6. The van der Waals surface area contributed by atoms with E-state index >= 15 is 0 Å². The smallest absolute Gasteiger partial charge is 0.327 e. The van der Waals surface area contributed by atoms with Crippen LogP contribution in [-0.4, -0.2) is 151 Å². The first-order chi connectivity index (χ1) is 22.8. The number of rotatable bonds is 17. The van der Waals surface area contributed by atoms with Crippen molar-refractivity contribution in [2.45, 2.75) is 13.3 Å². The van der Waals surface area contributed by atoms with Crippen molar-refractivity contribution in [3.05, 3.63) is 75.9 Å². The fourth-order valence-electron chi connectivity index (χ4n) is 0.936. The van der Waals surface area contributed by atoms with Crippen LogP contribution >= 0.6 is 0 Å². The van der Waals surface area contributed by atoms with Crippen LogP contribution in [0.2, 0.25) is 0 Å². The highest BCUT2D eigenvalue weighted by molar-refractivity contribution is 5.80. The average Bonchev–Trinajstić information content (AvgIpc) is 3.09. The summed E-state index contributed by atoms with van der Waals surface area (Å²) in [7, 11) is 0. The summed E-state index contributed by atoms with van der Waals surface area (Å²) in [6, 6.07) is 0. The maximum Gasteiger partial charge on any atom is 0.327 e. The van der Waals surface area contributed by atoms with Crippen molar-refractivity contribution in [3.8, 4) is 0 Å². The van der Waals surface area contributed by atoms with Gasteiger partial charge < -0.3 is 65.6 Å². The van der Waals surface area contributed by atoms with Crippen LogP contribution < -0.4 is 0 Å². The molecule has 0 fully saturated rings. The zero-order chi connectivity index (χ0) is 40.7. The summed E-state index contributed by atoms with van der Waals surface area (Å²) < 4.78 is 9.75. The van der Waals surface area contributed by atoms with E-state index in [9.17, 15) is 28.8 Å². The Balaban J connectivity index is -0.0000000667. The molecule has 0 aliphatic rings. The van der Waals surface area contributed by atoms with Gasteiger partial charge in [-0.05, 0) is 6.42 Å². The normalized spacial score (nSPS) is 8.20. The fourth-order valence-corrected chi connectivity index (χ4v) is 0.936. The van der Waals surface area contributed by atoms with Crippen LogP contribution in [0, 0.1) is 5.41 Å². The lowest BCUT2D eigenvalue weighted by atomic mass is 9.88. The third-order valence-electron chi connectivity index (χ3n) is 3.65. The van der Waals surface area contributed by atoms with E-state index in [0.717, 1.165) is 36.5 Å². The minimum absolute atomic E-state index is 0.0417. The Hall–Kier alpha value is -5.02. The molecule has 0 saturated heterocycles. The van der Waals surface area contributed by atoms with Crippen molar-refractivity contribution in [1.82, 2.24) is 0 Å². The highest BCUT2D eigenvalue weighted by Crippen LogP contribution is 2.18. The SMILES string of the molecule is C=CC(=O)O.C=CC(=O)O.C=CC(=O)O.C=CC(=O)O.C=CC(=O)O.C=CC(=O)O.CCC(CO)(CO)CO.OCCOCCOCCO. The molecule has 0 radical (unpaired) electrons. The Morgan fingerprint density at radius 3 is 0.673 bits per heavy atom. The molecule has 0 amide bonds. The minimum atomic E-state index is -0.981. The van der Waals surface area contributed by atoms with Gasteiger partial charge in [0.05, 0.1) is 59.5 Å². The number of aliphatic hydroxyl groups is 5. The van der Waals surface area contributed by atoms with Crippen molar-refractivity contribution in [2.75, 3.05) is 59.5 Å². The molecule has 0 aromatic heterocycles. The number of hydrogen-bond donors (Lipinski definition) is 11. The summed E-state index contributed by atoms with van der Waals surface area (Å²) >= 11 is 0. The maximum absolute atomic E-state index is 9.25. The number of hydrogen-bond acceptors (Lipinski definition) is 13. The molecule has 0 bridgehead atoms. The molecule has 11 N–H and O–H groups in total. The maximum atomic E-state index is 9.25. The third-order valence-corrected chi connectivity index (χ3v) is 3.65. The van der Waals surface area contributed by atoms with Crippen molar-refractivity contribution in [2.24, 2.45) is 5.41 Å². The van der Waals surface area contributed by atoms with Gasteiger partial charge in [0.15, 0.2) is 0 Å². The van der Waals surface area contributed by atoms with Crippen molar-refractivity contribution >= 4 is 35.8 Å². The van der Waals surface area contributed by atoms with Gasteiger partial charge in [-0.3, -0.25) is 0 Å². The first-order valence-corrected chi connectivity index (χ1v) is 13.1. The molecule has 0 spiro atoms. The third kappa shape index (κ3) is 107. The molecule has 0 atom stereocenters. The quantitative estimate of drug-likeness (QED) is 0.0691. The largest absolute Gasteiger partial charge is 0.478 e. The topological polar surface area (TPSA) is 343 Å². The van der Waals surface area contributed by atoms with Crippen LogP contribution in [0.4, 0.5) is 0 Å². The zero-order valence-corrected chi connectivity index (χ0v) is 27.5. The second kappa shape index (κ2) is 55.4. The van der Waals surface area contributed by atoms with Gasteiger partial charge in [-0.2, -0.15) is 0 Å². The van der Waals surface area contributed by atoms with Crippen LogP contribution in [0.1, 0.15) is 13.3 Å². The van der Waals surface area contributed by atoms with Crippen molar-refractivity contribution in [3.63, 3.8) is 0 Å². The van der Waals surface area contributed by atoms with E-state index in [4.69, 9.17) is 65.6 Å². The van der Waals surface area contributed by atoms with Gasteiger partial charge in [-0.1, -0.05) is 46.4 Å².